The molecule has 32 heavy (non-hydrogen) atoms. The van der Waals surface area contributed by atoms with E-state index in [0.29, 0.717) is 25.2 Å². The minimum atomic E-state index is -0.688. The van der Waals surface area contributed by atoms with Crippen LogP contribution in [-0.4, -0.2) is 55.7 Å². The fraction of sp³-hybridized carbons (Fsp3) is 0.348. The van der Waals surface area contributed by atoms with Gasteiger partial charge in [0.15, 0.2) is 6.23 Å². The van der Waals surface area contributed by atoms with E-state index in [1.54, 1.807) is 30.5 Å². The molecule has 0 radical (unpaired) electrons. The van der Waals surface area contributed by atoms with Crippen LogP contribution in [0.1, 0.15) is 27.9 Å². The van der Waals surface area contributed by atoms with Gasteiger partial charge < -0.3 is 14.2 Å². The number of hydrogen-bond donors (Lipinski definition) is 1. The third-order valence-corrected chi connectivity index (χ3v) is 5.32. The molecular formula is C23H26ClN3O5. The molecule has 0 amide bonds. The van der Waals surface area contributed by atoms with Crippen molar-refractivity contribution in [3.63, 3.8) is 0 Å². The van der Waals surface area contributed by atoms with Crippen molar-refractivity contribution in [3.8, 4) is 5.75 Å². The molecular weight excluding hydrogens is 434 g/mol. The fourth-order valence-electron chi connectivity index (χ4n) is 3.56. The second-order valence-electron chi connectivity index (χ2n) is 7.55. The van der Waals surface area contributed by atoms with E-state index in [4.69, 9.17) is 19.9 Å². The first-order valence-electron chi connectivity index (χ1n) is 10.3. The second-order valence-corrected chi connectivity index (χ2v) is 7.55. The summed E-state index contributed by atoms with van der Waals surface area (Å²) in [6.07, 6.45) is 1.71. The van der Waals surface area contributed by atoms with Crippen molar-refractivity contribution >= 4 is 30.6 Å². The Morgan fingerprint density at radius 3 is 2.59 bits per heavy atom. The van der Waals surface area contributed by atoms with Gasteiger partial charge in [-0.25, -0.2) is 4.79 Å². The number of carbonyl (C=O) groups is 2. The summed E-state index contributed by atoms with van der Waals surface area (Å²) in [5, 5.41) is 6.33. The van der Waals surface area contributed by atoms with Crippen molar-refractivity contribution in [2.24, 2.45) is 16.8 Å². The number of rotatable bonds is 5. The number of fused-ring (bicyclic) bond motifs is 1. The maximum atomic E-state index is 12.3. The Bertz CT molecular complexity index is 960. The lowest BCUT2D eigenvalue weighted by Crippen LogP contribution is -2.41. The Balaban J connectivity index is 0.00000289. The summed E-state index contributed by atoms with van der Waals surface area (Å²) in [5.74, 6) is -0.833. The molecule has 0 saturated carbocycles. The molecule has 2 aromatic carbocycles. The molecule has 2 aliphatic heterocycles. The number of nitrogens with two attached hydrogens (primary N) is 1. The quantitative estimate of drug-likeness (QED) is 0.416. The third kappa shape index (κ3) is 6.06. The van der Waals surface area contributed by atoms with E-state index in [9.17, 15) is 9.59 Å². The lowest BCUT2D eigenvalue weighted by molar-refractivity contribution is -0.140. The molecule has 9 heteroatoms. The van der Waals surface area contributed by atoms with Gasteiger partial charge in [0.05, 0.1) is 44.5 Å². The zero-order valence-electron chi connectivity index (χ0n) is 17.5. The van der Waals surface area contributed by atoms with Gasteiger partial charge in [0.1, 0.15) is 5.75 Å². The van der Waals surface area contributed by atoms with Crippen LogP contribution in [0.5, 0.6) is 5.75 Å². The highest BCUT2D eigenvalue weighted by Gasteiger charge is 2.30. The molecule has 2 aliphatic rings. The van der Waals surface area contributed by atoms with Gasteiger partial charge in [0.2, 0.25) is 0 Å². The van der Waals surface area contributed by atoms with Crippen LogP contribution in [0.3, 0.4) is 0 Å². The largest absolute Gasteiger partial charge is 0.475 e. The van der Waals surface area contributed by atoms with E-state index in [2.05, 4.69) is 5.10 Å². The SMILES string of the molecule is Cl.NC1Oc2ccccc2CC1CC(=O)OC(=O)c1ccc(C=NN2CCOCC2)cc1. The molecule has 0 aliphatic carbocycles. The summed E-state index contributed by atoms with van der Waals surface area (Å²) < 4.78 is 16.0. The summed E-state index contributed by atoms with van der Waals surface area (Å²) in [6.45, 7) is 2.84. The molecule has 1 saturated heterocycles. The maximum Gasteiger partial charge on any atom is 0.345 e. The smallest absolute Gasteiger partial charge is 0.345 e. The van der Waals surface area contributed by atoms with Crippen molar-refractivity contribution in [2.75, 3.05) is 26.3 Å². The summed E-state index contributed by atoms with van der Waals surface area (Å²) in [6, 6.07) is 14.3. The number of carbonyl (C=O) groups excluding carboxylic acids is 2. The van der Waals surface area contributed by atoms with Crippen LogP contribution < -0.4 is 10.5 Å². The number of para-hydroxylation sites is 1. The summed E-state index contributed by atoms with van der Waals surface area (Å²) in [5.41, 5.74) is 8.18. The zero-order chi connectivity index (χ0) is 21.6. The van der Waals surface area contributed by atoms with E-state index < -0.39 is 18.2 Å². The van der Waals surface area contributed by atoms with Crippen LogP contribution in [0, 0.1) is 5.92 Å². The molecule has 2 aromatic rings. The molecule has 0 aromatic heterocycles. The molecule has 8 nitrogen and oxygen atoms in total. The van der Waals surface area contributed by atoms with Crippen molar-refractivity contribution < 1.29 is 23.8 Å². The topological polar surface area (TPSA) is 103 Å². The molecule has 2 atom stereocenters. The van der Waals surface area contributed by atoms with Crippen LogP contribution in [0.25, 0.3) is 0 Å². The lowest BCUT2D eigenvalue weighted by atomic mass is 9.92. The molecule has 0 bridgehead atoms. The maximum absolute atomic E-state index is 12.3. The number of hydrazone groups is 1. The predicted octanol–water partition coefficient (Wildman–Crippen LogP) is 2.38. The standard InChI is InChI=1S/C23H25N3O5.ClH/c24-22-19(13-18-3-1-2-4-20(18)30-22)14-21(27)31-23(28)17-7-5-16(6-8-17)15-25-26-9-11-29-12-10-26;/h1-8,15,19,22H,9-14,24H2;1H. The molecule has 1 fully saturated rings. The molecule has 0 spiro atoms. The number of hydrogen-bond acceptors (Lipinski definition) is 8. The average Bonchev–Trinajstić information content (AvgIpc) is 2.79. The first kappa shape index (κ1) is 23.7. The van der Waals surface area contributed by atoms with Gasteiger partial charge >= 0.3 is 11.9 Å². The zero-order valence-corrected chi connectivity index (χ0v) is 18.3. The van der Waals surface area contributed by atoms with Crippen molar-refractivity contribution in [2.45, 2.75) is 19.1 Å². The van der Waals surface area contributed by atoms with Gasteiger partial charge in [0.25, 0.3) is 0 Å². The molecule has 4 rings (SSSR count). The minimum Gasteiger partial charge on any atom is -0.475 e. The summed E-state index contributed by atoms with van der Waals surface area (Å²) >= 11 is 0. The van der Waals surface area contributed by atoms with Gasteiger partial charge in [-0.05, 0) is 35.7 Å². The Hall–Kier alpha value is -2.94. The van der Waals surface area contributed by atoms with Gasteiger partial charge in [-0.2, -0.15) is 5.10 Å². The molecule has 2 unspecified atom stereocenters. The van der Waals surface area contributed by atoms with Crippen LogP contribution in [-0.2, 0) is 20.7 Å². The van der Waals surface area contributed by atoms with Crippen molar-refractivity contribution in [1.82, 2.24) is 5.01 Å². The van der Waals surface area contributed by atoms with Crippen LogP contribution in [0.2, 0.25) is 0 Å². The monoisotopic (exact) mass is 459 g/mol. The van der Waals surface area contributed by atoms with Gasteiger partial charge in [0, 0.05) is 5.92 Å². The second kappa shape index (κ2) is 11.1. The van der Waals surface area contributed by atoms with Crippen molar-refractivity contribution in [1.29, 1.82) is 0 Å². The van der Waals surface area contributed by atoms with Crippen LogP contribution in [0.4, 0.5) is 0 Å². The summed E-state index contributed by atoms with van der Waals surface area (Å²) in [7, 11) is 0. The van der Waals surface area contributed by atoms with E-state index in [1.807, 2.05) is 29.3 Å². The number of halogens is 1. The van der Waals surface area contributed by atoms with Gasteiger partial charge in [-0.1, -0.05) is 30.3 Å². The summed E-state index contributed by atoms with van der Waals surface area (Å²) in [4.78, 5) is 24.6. The van der Waals surface area contributed by atoms with Gasteiger partial charge in [-0.15, -0.1) is 12.4 Å². The Morgan fingerprint density at radius 1 is 1.12 bits per heavy atom. The highest BCUT2D eigenvalue weighted by Crippen LogP contribution is 2.30. The van der Waals surface area contributed by atoms with E-state index in [1.165, 1.54) is 0 Å². The first-order valence-corrected chi connectivity index (χ1v) is 10.3. The predicted molar refractivity (Wildman–Crippen MR) is 121 cm³/mol. The molecule has 2 heterocycles. The number of esters is 2. The van der Waals surface area contributed by atoms with E-state index >= 15 is 0 Å². The normalized spacial score (nSPS) is 20.1. The van der Waals surface area contributed by atoms with Gasteiger partial charge in [-0.3, -0.25) is 15.5 Å². The van der Waals surface area contributed by atoms with E-state index in [-0.39, 0.29) is 24.7 Å². The highest BCUT2D eigenvalue weighted by atomic mass is 35.5. The Kier molecular flexibility index (Phi) is 8.21. The number of ether oxygens (including phenoxy) is 3. The third-order valence-electron chi connectivity index (χ3n) is 5.32. The van der Waals surface area contributed by atoms with Crippen LogP contribution >= 0.6 is 12.4 Å². The lowest BCUT2D eigenvalue weighted by Gasteiger charge is -2.30. The Morgan fingerprint density at radius 2 is 1.84 bits per heavy atom. The first-order chi connectivity index (χ1) is 15.1. The minimum absolute atomic E-state index is 0. The number of morpholine rings is 1. The Labute approximate surface area is 192 Å². The van der Waals surface area contributed by atoms with Crippen LogP contribution in [0.15, 0.2) is 53.6 Å². The number of benzene rings is 2. The average molecular weight is 460 g/mol. The molecule has 170 valence electrons. The van der Waals surface area contributed by atoms with E-state index in [0.717, 1.165) is 30.0 Å². The highest BCUT2D eigenvalue weighted by molar-refractivity contribution is 5.97. The van der Waals surface area contributed by atoms with Crippen molar-refractivity contribution in [3.05, 3.63) is 65.2 Å². The molecule has 2 N–H and O–H groups in total. The number of nitrogens with zero attached hydrogens (tertiary/aromatic N) is 2. The fourth-order valence-corrected chi connectivity index (χ4v) is 3.56.